The van der Waals surface area contributed by atoms with E-state index in [-0.39, 0.29) is 11.5 Å². The Labute approximate surface area is 178 Å². The van der Waals surface area contributed by atoms with Gasteiger partial charge in [0, 0.05) is 4.90 Å². The van der Waals surface area contributed by atoms with Crippen LogP contribution in [0.5, 0.6) is 0 Å². The molecule has 0 bridgehead atoms. The topological polar surface area (TPSA) is 171 Å². The smallest absolute Gasteiger partial charge is 0.340 e. The van der Waals surface area contributed by atoms with E-state index >= 15 is 0 Å². The van der Waals surface area contributed by atoms with Crippen LogP contribution in [0.2, 0.25) is 0 Å². The summed E-state index contributed by atoms with van der Waals surface area (Å²) in [6.45, 7) is 6.84. The Hall–Kier alpha value is -3.08. The zero-order valence-electron chi connectivity index (χ0n) is 17.1. The van der Waals surface area contributed by atoms with Gasteiger partial charge >= 0.3 is 18.0 Å². The molecule has 0 aliphatic heterocycles. The minimum Gasteiger partial charge on any atom is -0.448 e. The van der Waals surface area contributed by atoms with E-state index in [4.69, 9.17) is 16.2 Å². The van der Waals surface area contributed by atoms with Gasteiger partial charge in [-0.15, -0.1) is 11.8 Å². The van der Waals surface area contributed by atoms with Crippen LogP contribution in [0.3, 0.4) is 0 Å². The summed E-state index contributed by atoms with van der Waals surface area (Å²) in [5.41, 5.74) is 10.1. The van der Waals surface area contributed by atoms with Gasteiger partial charge in [0.15, 0.2) is 6.10 Å². The van der Waals surface area contributed by atoms with Crippen LogP contribution >= 0.6 is 11.8 Å². The van der Waals surface area contributed by atoms with Crippen molar-refractivity contribution in [2.24, 2.45) is 23.3 Å². The number of rotatable bonds is 8. The van der Waals surface area contributed by atoms with Gasteiger partial charge in [0.2, 0.25) is 5.91 Å². The fourth-order valence-electron chi connectivity index (χ4n) is 2.42. The number of urea groups is 2. The van der Waals surface area contributed by atoms with E-state index in [1.165, 1.54) is 6.07 Å². The molecule has 6 amide bonds. The molecule has 1 aromatic rings. The lowest BCUT2D eigenvalue weighted by Crippen LogP contribution is -2.45. The molecule has 0 spiro atoms. The van der Waals surface area contributed by atoms with Crippen LogP contribution in [0.25, 0.3) is 0 Å². The fourth-order valence-corrected chi connectivity index (χ4v) is 3.57. The number of esters is 1. The van der Waals surface area contributed by atoms with Gasteiger partial charge in [0.25, 0.3) is 5.91 Å². The van der Waals surface area contributed by atoms with Crippen molar-refractivity contribution >= 4 is 41.6 Å². The van der Waals surface area contributed by atoms with Crippen LogP contribution in [-0.4, -0.2) is 41.2 Å². The Morgan fingerprint density at radius 3 is 1.90 bits per heavy atom. The summed E-state index contributed by atoms with van der Waals surface area (Å²) in [6, 6.07) is 4.33. The predicted molar refractivity (Wildman–Crippen MR) is 110 cm³/mol. The zero-order valence-corrected chi connectivity index (χ0v) is 17.9. The number of amides is 6. The monoisotopic (exact) mass is 438 g/mol. The van der Waals surface area contributed by atoms with E-state index in [1.54, 1.807) is 45.9 Å². The third kappa shape index (κ3) is 7.39. The first-order valence-corrected chi connectivity index (χ1v) is 9.99. The third-order valence-corrected chi connectivity index (χ3v) is 5.44. The molecule has 6 N–H and O–H groups in total. The van der Waals surface area contributed by atoms with Crippen LogP contribution in [-0.2, 0) is 14.3 Å². The molecule has 0 fully saturated rings. The number of hydrogen-bond donors (Lipinski definition) is 4. The van der Waals surface area contributed by atoms with Gasteiger partial charge in [0.05, 0.1) is 10.8 Å². The van der Waals surface area contributed by atoms with Crippen molar-refractivity contribution < 1.29 is 28.7 Å². The second kappa shape index (κ2) is 11.2. The zero-order chi connectivity index (χ0) is 23.0. The van der Waals surface area contributed by atoms with Crippen molar-refractivity contribution in [1.29, 1.82) is 0 Å². The summed E-state index contributed by atoms with van der Waals surface area (Å²) in [7, 11) is 0. The lowest BCUT2D eigenvalue weighted by atomic mass is 10.1. The van der Waals surface area contributed by atoms with Gasteiger partial charge in [-0.1, -0.05) is 39.8 Å². The second-order valence-corrected chi connectivity index (χ2v) is 8.24. The van der Waals surface area contributed by atoms with E-state index in [2.05, 4.69) is 0 Å². The number of primary amides is 2. The molecule has 1 rings (SSSR count). The highest BCUT2D eigenvalue weighted by Gasteiger charge is 2.30. The molecule has 164 valence electrons. The summed E-state index contributed by atoms with van der Waals surface area (Å²) in [6.07, 6.45) is -1.25. The molecule has 1 aromatic carbocycles. The maximum Gasteiger partial charge on any atom is 0.340 e. The van der Waals surface area contributed by atoms with Gasteiger partial charge in [-0.3, -0.25) is 20.2 Å². The first-order chi connectivity index (χ1) is 13.9. The Bertz CT molecular complexity index is 827. The van der Waals surface area contributed by atoms with E-state index in [0.29, 0.717) is 4.90 Å². The van der Waals surface area contributed by atoms with Gasteiger partial charge in [-0.2, -0.15) is 0 Å². The number of nitrogens with two attached hydrogens (primary N) is 2. The molecular formula is C19H26N4O6S. The predicted octanol–water partition coefficient (Wildman–Crippen LogP) is 1.37. The van der Waals surface area contributed by atoms with Crippen molar-refractivity contribution in [3.63, 3.8) is 0 Å². The normalized spacial score (nSPS) is 12.7. The van der Waals surface area contributed by atoms with Crippen LogP contribution in [0.1, 0.15) is 38.1 Å². The van der Waals surface area contributed by atoms with Gasteiger partial charge in [0.1, 0.15) is 0 Å². The molecule has 0 aromatic heterocycles. The molecule has 0 radical (unpaired) electrons. The van der Waals surface area contributed by atoms with E-state index in [0.717, 1.165) is 11.8 Å². The number of carbonyl (C=O) groups is 5. The Balaban J connectivity index is 3.12. The van der Waals surface area contributed by atoms with E-state index in [9.17, 15) is 24.0 Å². The lowest BCUT2D eigenvalue weighted by Gasteiger charge is -2.22. The number of hydrogen-bond acceptors (Lipinski definition) is 7. The van der Waals surface area contributed by atoms with Gasteiger partial charge in [-0.25, -0.2) is 14.4 Å². The second-order valence-electron chi connectivity index (χ2n) is 7.06. The molecule has 2 atom stereocenters. The number of nitrogens with one attached hydrogen (secondary N) is 2. The SMILES string of the molecule is CC(C)[C@H](OC(=O)c1ccccc1S[C@H](C(=O)NC(N)=O)C(C)C)C(=O)NC(N)=O. The highest BCUT2D eigenvalue weighted by Crippen LogP contribution is 2.31. The van der Waals surface area contributed by atoms with Gasteiger partial charge < -0.3 is 16.2 Å². The largest absolute Gasteiger partial charge is 0.448 e. The number of carbonyl (C=O) groups excluding carboxylic acids is 5. The van der Waals surface area contributed by atoms with Crippen molar-refractivity contribution in [3.8, 4) is 0 Å². The molecule has 0 saturated heterocycles. The Morgan fingerprint density at radius 1 is 0.867 bits per heavy atom. The minimum absolute atomic E-state index is 0.123. The van der Waals surface area contributed by atoms with Crippen molar-refractivity contribution in [2.75, 3.05) is 0 Å². The minimum atomic E-state index is -1.25. The van der Waals surface area contributed by atoms with Crippen molar-refractivity contribution in [3.05, 3.63) is 29.8 Å². The summed E-state index contributed by atoms with van der Waals surface area (Å²) < 4.78 is 5.32. The van der Waals surface area contributed by atoms with Gasteiger partial charge in [-0.05, 0) is 24.0 Å². The van der Waals surface area contributed by atoms with E-state index in [1.807, 2.05) is 10.6 Å². The number of imide groups is 2. The maximum atomic E-state index is 12.8. The average molecular weight is 439 g/mol. The Kier molecular flexibility index (Phi) is 9.31. The van der Waals surface area contributed by atoms with Crippen LogP contribution in [0.4, 0.5) is 9.59 Å². The Morgan fingerprint density at radius 2 is 1.40 bits per heavy atom. The average Bonchev–Trinajstić information content (AvgIpc) is 2.62. The highest BCUT2D eigenvalue weighted by molar-refractivity contribution is 8.00. The molecular weight excluding hydrogens is 412 g/mol. The molecule has 0 heterocycles. The maximum absolute atomic E-state index is 12.8. The quantitative estimate of drug-likeness (QED) is 0.351. The lowest BCUT2D eigenvalue weighted by molar-refractivity contribution is -0.131. The summed E-state index contributed by atoms with van der Waals surface area (Å²) in [5, 5.41) is 3.22. The van der Waals surface area contributed by atoms with Crippen LogP contribution in [0, 0.1) is 11.8 Å². The number of benzene rings is 1. The number of ether oxygens (including phenoxy) is 1. The molecule has 0 unspecified atom stereocenters. The fraction of sp³-hybridized carbons (Fsp3) is 0.421. The summed E-state index contributed by atoms with van der Waals surface area (Å²) in [5.74, 6) is -2.86. The molecule has 10 nitrogen and oxygen atoms in total. The highest BCUT2D eigenvalue weighted by atomic mass is 32.2. The van der Waals surface area contributed by atoms with E-state index < -0.39 is 47.1 Å². The first-order valence-electron chi connectivity index (χ1n) is 9.11. The molecule has 30 heavy (non-hydrogen) atoms. The first kappa shape index (κ1) is 25.0. The summed E-state index contributed by atoms with van der Waals surface area (Å²) in [4.78, 5) is 59.6. The van der Waals surface area contributed by atoms with Crippen LogP contribution < -0.4 is 22.1 Å². The summed E-state index contributed by atoms with van der Waals surface area (Å²) >= 11 is 1.06. The van der Waals surface area contributed by atoms with Crippen molar-refractivity contribution in [2.45, 2.75) is 43.9 Å². The van der Waals surface area contributed by atoms with Crippen LogP contribution in [0.15, 0.2) is 29.2 Å². The van der Waals surface area contributed by atoms with Crippen molar-refractivity contribution in [1.82, 2.24) is 10.6 Å². The molecule has 0 aliphatic rings. The third-order valence-electron chi connectivity index (χ3n) is 3.82. The number of thioether (sulfide) groups is 1. The molecule has 11 heteroatoms. The molecule has 0 aliphatic carbocycles. The standard InChI is InChI=1S/C19H26N4O6S/c1-9(2)13(15(24)22-18(20)27)29-17(26)11-7-5-6-8-12(11)30-14(10(3)4)16(25)23-19(21)28/h5-10,13-14H,1-4H3,(H3,20,22,24,27)(H3,21,23,25,28)/t13-,14-/m0/s1. The molecule has 0 saturated carbocycles.